The Kier molecular flexibility index (Phi) is 7.65. The van der Waals surface area contributed by atoms with Crippen LogP contribution in [0.3, 0.4) is 0 Å². The fourth-order valence-corrected chi connectivity index (χ4v) is 4.99. The third kappa shape index (κ3) is 6.35. The lowest BCUT2D eigenvalue weighted by molar-refractivity contribution is -0.121. The summed E-state index contributed by atoms with van der Waals surface area (Å²) in [5.41, 5.74) is 5.83. The topological polar surface area (TPSA) is 73.5 Å². The van der Waals surface area contributed by atoms with E-state index in [1.807, 2.05) is 6.07 Å². The number of carbonyl (C=O) groups is 2. The van der Waals surface area contributed by atoms with E-state index in [1.54, 1.807) is 0 Å². The van der Waals surface area contributed by atoms with Gasteiger partial charge >= 0.3 is 6.03 Å². The van der Waals surface area contributed by atoms with E-state index in [-0.39, 0.29) is 18.0 Å². The lowest BCUT2D eigenvalue weighted by Gasteiger charge is -2.21. The summed E-state index contributed by atoms with van der Waals surface area (Å²) in [5.74, 6) is 0.377. The third-order valence-electron chi connectivity index (χ3n) is 6.52. The van der Waals surface area contributed by atoms with Gasteiger partial charge in [-0.1, -0.05) is 44.2 Å². The summed E-state index contributed by atoms with van der Waals surface area (Å²) >= 11 is 0. The van der Waals surface area contributed by atoms with Gasteiger partial charge in [0.15, 0.2) is 0 Å². The zero-order valence-electron chi connectivity index (χ0n) is 19.8. The molecule has 2 aromatic rings. The van der Waals surface area contributed by atoms with Gasteiger partial charge in [0.05, 0.1) is 0 Å². The van der Waals surface area contributed by atoms with Gasteiger partial charge in [-0.3, -0.25) is 4.79 Å². The van der Waals surface area contributed by atoms with Crippen molar-refractivity contribution in [2.75, 3.05) is 31.5 Å². The summed E-state index contributed by atoms with van der Waals surface area (Å²) in [4.78, 5) is 27.6. The van der Waals surface area contributed by atoms with Crippen molar-refractivity contribution < 1.29 is 9.59 Å². The molecule has 1 atom stereocenters. The van der Waals surface area contributed by atoms with Gasteiger partial charge in [0.25, 0.3) is 0 Å². The fourth-order valence-electron chi connectivity index (χ4n) is 4.99. The van der Waals surface area contributed by atoms with Crippen molar-refractivity contribution in [1.82, 2.24) is 15.5 Å². The minimum atomic E-state index is -0.263. The van der Waals surface area contributed by atoms with Crippen molar-refractivity contribution in [3.63, 3.8) is 0 Å². The molecule has 1 saturated heterocycles. The zero-order valence-corrected chi connectivity index (χ0v) is 19.8. The van der Waals surface area contributed by atoms with E-state index < -0.39 is 0 Å². The van der Waals surface area contributed by atoms with Gasteiger partial charge in [-0.15, -0.1) is 0 Å². The number of benzene rings is 2. The molecule has 33 heavy (non-hydrogen) atoms. The molecule has 2 aromatic carbocycles. The maximum absolute atomic E-state index is 12.7. The molecule has 176 valence electrons. The number of anilines is 1. The van der Waals surface area contributed by atoms with E-state index in [0.29, 0.717) is 18.9 Å². The molecule has 1 aliphatic carbocycles. The van der Waals surface area contributed by atoms with Gasteiger partial charge in [0.2, 0.25) is 5.91 Å². The molecule has 6 heteroatoms. The number of nitrogens with one attached hydrogen (secondary N) is 3. The van der Waals surface area contributed by atoms with Crippen LogP contribution in [0.15, 0.2) is 42.5 Å². The van der Waals surface area contributed by atoms with Gasteiger partial charge in [0, 0.05) is 31.2 Å². The predicted octanol–water partition coefficient (Wildman–Crippen LogP) is 4.40. The number of rotatable bonds is 9. The first kappa shape index (κ1) is 23.3. The van der Waals surface area contributed by atoms with Crippen LogP contribution in [0.1, 0.15) is 50.7 Å². The summed E-state index contributed by atoms with van der Waals surface area (Å²) < 4.78 is 0. The van der Waals surface area contributed by atoms with Crippen molar-refractivity contribution in [3.05, 3.63) is 53.6 Å². The Morgan fingerprint density at radius 3 is 2.55 bits per heavy atom. The minimum absolute atomic E-state index is 0.00422. The number of hydrogen-bond acceptors (Lipinski definition) is 3. The highest BCUT2D eigenvalue weighted by Gasteiger charge is 2.20. The smallest absolute Gasteiger partial charge is 0.319 e. The predicted molar refractivity (Wildman–Crippen MR) is 133 cm³/mol. The fraction of sp³-hybridized carbons (Fsp3) is 0.481. The maximum atomic E-state index is 12.7. The van der Waals surface area contributed by atoms with Crippen LogP contribution in [0.25, 0.3) is 11.1 Å². The highest BCUT2D eigenvalue weighted by molar-refractivity contribution is 5.91. The number of carbonyl (C=O) groups excluding carboxylic acids is 2. The lowest BCUT2D eigenvalue weighted by Crippen LogP contribution is -2.43. The molecule has 4 rings (SSSR count). The molecular weight excluding hydrogens is 412 g/mol. The van der Waals surface area contributed by atoms with E-state index >= 15 is 0 Å². The number of amides is 3. The van der Waals surface area contributed by atoms with Crippen molar-refractivity contribution in [1.29, 1.82) is 0 Å². The summed E-state index contributed by atoms with van der Waals surface area (Å²) in [7, 11) is 0. The van der Waals surface area contributed by atoms with E-state index in [4.69, 9.17) is 0 Å². The largest absolute Gasteiger partial charge is 0.355 e. The van der Waals surface area contributed by atoms with Crippen LogP contribution >= 0.6 is 0 Å². The third-order valence-corrected chi connectivity index (χ3v) is 6.52. The Hall–Kier alpha value is -2.86. The summed E-state index contributed by atoms with van der Waals surface area (Å²) in [6, 6.07) is 14.0. The zero-order chi connectivity index (χ0) is 23.2. The molecule has 0 unspecified atom stereocenters. The van der Waals surface area contributed by atoms with E-state index in [9.17, 15) is 9.59 Å². The van der Waals surface area contributed by atoms with Crippen LogP contribution in [0, 0.1) is 5.92 Å². The molecule has 0 radical (unpaired) electrons. The van der Waals surface area contributed by atoms with Crippen LogP contribution in [-0.2, 0) is 11.2 Å². The summed E-state index contributed by atoms with van der Waals surface area (Å²) in [6.07, 6.45) is 4.44. The van der Waals surface area contributed by atoms with Crippen LogP contribution in [-0.4, -0.2) is 49.1 Å². The number of likely N-dealkylation sites (tertiary alicyclic amines) is 1. The Morgan fingerprint density at radius 2 is 1.76 bits per heavy atom. The Labute approximate surface area is 197 Å². The normalized spacial score (nSPS) is 15.7. The Balaban J connectivity index is 1.29. The molecule has 1 heterocycles. The van der Waals surface area contributed by atoms with Crippen LogP contribution in [0.5, 0.6) is 0 Å². The molecule has 6 nitrogen and oxygen atoms in total. The number of hydrogen-bond donors (Lipinski definition) is 3. The quantitative estimate of drug-likeness (QED) is 0.454. The number of fused-ring (bicyclic) bond motifs is 3. The molecule has 0 spiro atoms. The average molecular weight is 449 g/mol. The van der Waals surface area contributed by atoms with E-state index in [1.165, 1.54) is 35.1 Å². The molecule has 1 aliphatic heterocycles. The Morgan fingerprint density at radius 1 is 1.00 bits per heavy atom. The van der Waals surface area contributed by atoms with Crippen molar-refractivity contribution >= 4 is 17.6 Å². The molecular formula is C27H36N4O2. The first-order valence-corrected chi connectivity index (χ1v) is 12.3. The van der Waals surface area contributed by atoms with Crippen molar-refractivity contribution in [2.45, 2.75) is 52.0 Å². The van der Waals surface area contributed by atoms with Crippen molar-refractivity contribution in [3.8, 4) is 11.1 Å². The van der Waals surface area contributed by atoms with Gasteiger partial charge in [-0.25, -0.2) is 4.79 Å². The standard InChI is InChI=1S/C27H36N4O2/c1-19(2)15-23(18-26(32)28-11-14-31-12-5-6-13-31)30-27(33)29-22-9-10-25-21(17-22)16-20-7-3-4-8-24(20)25/h3-4,7-10,17,19,23H,5-6,11-16,18H2,1-2H3,(H,28,32)(H2,29,30,33)/t23-/m0/s1. The molecule has 0 bridgehead atoms. The molecule has 0 saturated carbocycles. The highest BCUT2D eigenvalue weighted by atomic mass is 16.2. The monoisotopic (exact) mass is 448 g/mol. The van der Waals surface area contributed by atoms with Gasteiger partial charge in [0.1, 0.15) is 0 Å². The second kappa shape index (κ2) is 10.8. The van der Waals surface area contributed by atoms with Crippen LogP contribution in [0.2, 0.25) is 0 Å². The highest BCUT2D eigenvalue weighted by Crippen LogP contribution is 2.37. The van der Waals surface area contributed by atoms with E-state index in [2.05, 4.69) is 71.1 Å². The van der Waals surface area contributed by atoms with Gasteiger partial charge in [-0.2, -0.15) is 0 Å². The SMILES string of the molecule is CC(C)C[C@@H](CC(=O)NCCN1CCCC1)NC(=O)Nc1ccc2c(c1)Cc1ccccc1-2. The molecule has 3 amide bonds. The second-order valence-corrected chi connectivity index (χ2v) is 9.73. The number of nitrogens with zero attached hydrogens (tertiary/aromatic N) is 1. The summed E-state index contributed by atoms with van der Waals surface area (Å²) in [6.45, 7) is 8.03. The van der Waals surface area contributed by atoms with E-state index in [0.717, 1.165) is 38.2 Å². The maximum Gasteiger partial charge on any atom is 0.319 e. The second-order valence-electron chi connectivity index (χ2n) is 9.73. The van der Waals surface area contributed by atoms with Gasteiger partial charge in [-0.05, 0) is 79.1 Å². The number of urea groups is 1. The summed E-state index contributed by atoms with van der Waals surface area (Å²) in [5, 5.41) is 9.01. The molecule has 0 aromatic heterocycles. The van der Waals surface area contributed by atoms with Crippen LogP contribution in [0.4, 0.5) is 10.5 Å². The molecule has 3 N–H and O–H groups in total. The van der Waals surface area contributed by atoms with Crippen molar-refractivity contribution in [2.24, 2.45) is 5.92 Å². The lowest BCUT2D eigenvalue weighted by atomic mass is 10.0. The van der Waals surface area contributed by atoms with Gasteiger partial charge < -0.3 is 20.9 Å². The van der Waals surface area contributed by atoms with Crippen LogP contribution < -0.4 is 16.0 Å². The Bertz CT molecular complexity index is 982. The molecule has 2 aliphatic rings. The molecule has 1 fully saturated rings. The first-order valence-electron chi connectivity index (χ1n) is 12.3. The minimum Gasteiger partial charge on any atom is -0.355 e. The average Bonchev–Trinajstić information content (AvgIpc) is 3.40. The first-order chi connectivity index (χ1) is 16.0.